The SMILES string of the molecule is CCCCC1=CC=CC(C)(OP(O)O)C1C. The Bertz CT molecular complexity index is 286. The predicted octanol–water partition coefficient (Wildman–Crippen LogP) is 3.30. The molecule has 0 saturated heterocycles. The molecule has 1 aliphatic carbocycles. The smallest absolute Gasteiger partial charge is 0.327 e. The minimum Gasteiger partial charge on any atom is -0.328 e. The van der Waals surface area contributed by atoms with Gasteiger partial charge in [-0.3, -0.25) is 0 Å². The molecule has 0 radical (unpaired) electrons. The van der Waals surface area contributed by atoms with E-state index in [0.717, 1.165) is 19.3 Å². The van der Waals surface area contributed by atoms with Crippen molar-refractivity contribution in [2.24, 2.45) is 5.92 Å². The van der Waals surface area contributed by atoms with Gasteiger partial charge in [0.25, 0.3) is 0 Å². The highest BCUT2D eigenvalue weighted by Crippen LogP contribution is 2.42. The largest absolute Gasteiger partial charge is 0.328 e. The number of hydrogen-bond acceptors (Lipinski definition) is 3. The number of unbranched alkanes of at least 4 members (excludes halogenated alkanes) is 1. The summed E-state index contributed by atoms with van der Waals surface area (Å²) in [6.07, 6.45) is 9.34. The topological polar surface area (TPSA) is 49.7 Å². The van der Waals surface area contributed by atoms with Gasteiger partial charge in [0, 0.05) is 5.92 Å². The molecule has 3 nitrogen and oxygen atoms in total. The average Bonchev–Trinajstić information content (AvgIpc) is 2.19. The van der Waals surface area contributed by atoms with Gasteiger partial charge in [-0.15, -0.1) is 0 Å². The van der Waals surface area contributed by atoms with Gasteiger partial charge in [-0.2, -0.15) is 0 Å². The summed E-state index contributed by atoms with van der Waals surface area (Å²) in [6.45, 7) is 6.14. The molecule has 0 saturated carbocycles. The molecule has 1 rings (SSSR count). The van der Waals surface area contributed by atoms with Crippen LogP contribution < -0.4 is 0 Å². The molecule has 16 heavy (non-hydrogen) atoms. The van der Waals surface area contributed by atoms with E-state index in [1.165, 1.54) is 5.57 Å². The Morgan fingerprint density at radius 1 is 1.50 bits per heavy atom. The summed E-state index contributed by atoms with van der Waals surface area (Å²) < 4.78 is 5.25. The summed E-state index contributed by atoms with van der Waals surface area (Å²) in [5.41, 5.74) is 0.733. The van der Waals surface area contributed by atoms with Crippen molar-refractivity contribution >= 4 is 8.60 Å². The summed E-state index contributed by atoms with van der Waals surface area (Å²) in [5.74, 6) is 0.188. The van der Waals surface area contributed by atoms with Crippen molar-refractivity contribution < 1.29 is 14.3 Å². The first-order chi connectivity index (χ1) is 7.49. The normalized spacial score (nSPS) is 29.6. The van der Waals surface area contributed by atoms with Crippen molar-refractivity contribution in [2.45, 2.75) is 45.6 Å². The Morgan fingerprint density at radius 2 is 2.19 bits per heavy atom. The second kappa shape index (κ2) is 5.92. The monoisotopic (exact) mass is 244 g/mol. The highest BCUT2D eigenvalue weighted by Gasteiger charge is 2.35. The van der Waals surface area contributed by atoms with Crippen LogP contribution in [0, 0.1) is 5.92 Å². The van der Waals surface area contributed by atoms with E-state index in [1.54, 1.807) is 0 Å². The van der Waals surface area contributed by atoms with Gasteiger partial charge in [-0.05, 0) is 19.8 Å². The van der Waals surface area contributed by atoms with E-state index in [4.69, 9.17) is 14.3 Å². The molecule has 2 N–H and O–H groups in total. The van der Waals surface area contributed by atoms with Gasteiger partial charge < -0.3 is 14.3 Å². The fourth-order valence-electron chi connectivity index (χ4n) is 1.99. The lowest BCUT2D eigenvalue weighted by atomic mass is 9.79. The molecule has 92 valence electrons. The van der Waals surface area contributed by atoms with E-state index in [0.29, 0.717) is 0 Å². The van der Waals surface area contributed by atoms with E-state index >= 15 is 0 Å². The maximum absolute atomic E-state index is 8.99. The molecule has 0 bridgehead atoms. The Morgan fingerprint density at radius 3 is 2.75 bits per heavy atom. The summed E-state index contributed by atoms with van der Waals surface area (Å²) in [5, 5.41) is 0. The third-order valence-corrected chi connectivity index (χ3v) is 3.81. The van der Waals surface area contributed by atoms with Gasteiger partial charge in [-0.25, -0.2) is 0 Å². The Kier molecular flexibility index (Phi) is 5.13. The Labute approximate surface area is 98.8 Å². The van der Waals surface area contributed by atoms with E-state index in [-0.39, 0.29) is 5.92 Å². The van der Waals surface area contributed by atoms with Crippen LogP contribution in [-0.4, -0.2) is 15.4 Å². The van der Waals surface area contributed by atoms with E-state index in [9.17, 15) is 0 Å². The molecular weight excluding hydrogens is 223 g/mol. The van der Waals surface area contributed by atoms with Gasteiger partial charge in [0.1, 0.15) is 0 Å². The molecule has 0 aromatic heterocycles. The lowest BCUT2D eigenvalue weighted by molar-refractivity contribution is 0.0774. The lowest BCUT2D eigenvalue weighted by Gasteiger charge is -2.36. The molecule has 0 fully saturated rings. The first kappa shape index (κ1) is 13.9. The fourth-order valence-corrected chi connectivity index (χ4v) is 2.56. The lowest BCUT2D eigenvalue weighted by Crippen LogP contribution is -2.35. The number of allylic oxidation sites excluding steroid dienone is 2. The molecule has 0 aliphatic heterocycles. The van der Waals surface area contributed by atoms with E-state index < -0.39 is 14.2 Å². The predicted molar refractivity (Wildman–Crippen MR) is 66.8 cm³/mol. The Balaban J connectivity index is 2.71. The highest BCUT2D eigenvalue weighted by atomic mass is 31.2. The maximum atomic E-state index is 8.99. The zero-order valence-corrected chi connectivity index (χ0v) is 11.1. The number of rotatable bonds is 5. The van der Waals surface area contributed by atoms with E-state index in [1.807, 2.05) is 19.1 Å². The highest BCUT2D eigenvalue weighted by molar-refractivity contribution is 7.39. The van der Waals surface area contributed by atoms with Crippen LogP contribution in [0.15, 0.2) is 23.8 Å². The zero-order valence-electron chi connectivity index (χ0n) is 10.2. The second-order valence-corrected chi connectivity index (χ2v) is 5.14. The molecule has 0 heterocycles. The molecule has 0 aromatic carbocycles. The van der Waals surface area contributed by atoms with Crippen molar-refractivity contribution in [1.29, 1.82) is 0 Å². The molecular formula is C12H21O3P. The molecule has 0 aromatic rings. The molecule has 1 aliphatic rings. The minimum atomic E-state index is -2.31. The third kappa shape index (κ3) is 3.39. The molecule has 2 atom stereocenters. The summed E-state index contributed by atoms with van der Waals surface area (Å²) in [4.78, 5) is 18.0. The van der Waals surface area contributed by atoms with Crippen molar-refractivity contribution in [2.75, 3.05) is 0 Å². The van der Waals surface area contributed by atoms with Crippen LogP contribution in [-0.2, 0) is 4.52 Å². The van der Waals surface area contributed by atoms with Crippen LogP contribution in [0.3, 0.4) is 0 Å². The van der Waals surface area contributed by atoms with Crippen LogP contribution in [0.25, 0.3) is 0 Å². The van der Waals surface area contributed by atoms with Crippen LogP contribution in [0.1, 0.15) is 40.0 Å². The Hall–Kier alpha value is -0.210. The third-order valence-electron chi connectivity index (χ3n) is 3.25. The van der Waals surface area contributed by atoms with Crippen LogP contribution in [0.2, 0.25) is 0 Å². The quantitative estimate of drug-likeness (QED) is 0.729. The molecule has 2 unspecified atom stereocenters. The van der Waals surface area contributed by atoms with Crippen molar-refractivity contribution in [3.63, 3.8) is 0 Å². The summed E-state index contributed by atoms with van der Waals surface area (Å²) in [7, 11) is -2.31. The summed E-state index contributed by atoms with van der Waals surface area (Å²) in [6, 6.07) is 0. The van der Waals surface area contributed by atoms with Crippen LogP contribution in [0.5, 0.6) is 0 Å². The van der Waals surface area contributed by atoms with Crippen molar-refractivity contribution in [3.05, 3.63) is 23.8 Å². The van der Waals surface area contributed by atoms with Gasteiger partial charge in [0.15, 0.2) is 0 Å². The van der Waals surface area contributed by atoms with Crippen molar-refractivity contribution in [3.8, 4) is 0 Å². The molecule has 0 spiro atoms. The summed E-state index contributed by atoms with van der Waals surface area (Å²) >= 11 is 0. The van der Waals surface area contributed by atoms with E-state index in [2.05, 4.69) is 19.9 Å². The average molecular weight is 244 g/mol. The minimum absolute atomic E-state index is 0.188. The van der Waals surface area contributed by atoms with Crippen LogP contribution in [0.4, 0.5) is 0 Å². The van der Waals surface area contributed by atoms with Gasteiger partial charge in [0.05, 0.1) is 5.60 Å². The fraction of sp³-hybridized carbons (Fsp3) is 0.667. The van der Waals surface area contributed by atoms with Gasteiger partial charge in [-0.1, -0.05) is 44.1 Å². The van der Waals surface area contributed by atoms with Crippen molar-refractivity contribution in [1.82, 2.24) is 0 Å². The molecule has 0 amide bonds. The van der Waals surface area contributed by atoms with Gasteiger partial charge >= 0.3 is 8.60 Å². The standard InChI is InChI=1S/C12H21O3P/c1-4-5-7-11-8-6-9-12(3,10(11)2)15-16(13)14/h6,8-10,13-14H,4-5,7H2,1-3H3. The second-order valence-electron chi connectivity index (χ2n) is 4.45. The molecule has 4 heteroatoms. The first-order valence-electron chi connectivity index (χ1n) is 5.75. The maximum Gasteiger partial charge on any atom is 0.327 e. The van der Waals surface area contributed by atoms with Crippen LogP contribution >= 0.6 is 8.60 Å². The van der Waals surface area contributed by atoms with Gasteiger partial charge in [0.2, 0.25) is 0 Å². The first-order valence-corrected chi connectivity index (χ1v) is 6.91. The zero-order chi connectivity index (χ0) is 12.2. The number of hydrogen-bond donors (Lipinski definition) is 2.